The molecule has 1 amide bonds. The van der Waals surface area contributed by atoms with Gasteiger partial charge in [-0.15, -0.1) is 0 Å². The summed E-state index contributed by atoms with van der Waals surface area (Å²) in [7, 11) is 1.57. The van der Waals surface area contributed by atoms with Crippen LogP contribution in [-0.2, 0) is 20.9 Å². The Labute approximate surface area is 149 Å². The molecular weight excluding hydrogens is 353 g/mol. The molecule has 0 saturated heterocycles. The van der Waals surface area contributed by atoms with E-state index in [0.717, 1.165) is 5.56 Å². The molecule has 2 rings (SSSR count). The fourth-order valence-corrected chi connectivity index (χ4v) is 2.29. The van der Waals surface area contributed by atoms with E-state index in [1.807, 2.05) is 6.07 Å². The Morgan fingerprint density at radius 1 is 1.12 bits per heavy atom. The zero-order chi connectivity index (χ0) is 17.5. The number of halogens is 2. The standard InChI is InChI=1S/C17H15Cl2NO4/c1-23-9-11-3-2-4-12(7-11)17(22)24-10-16(21)20-15-8-13(18)5-6-14(15)19/h2-8H,9-10H2,1H3,(H,20,21). The van der Waals surface area contributed by atoms with Crippen LogP contribution in [0.1, 0.15) is 15.9 Å². The minimum atomic E-state index is -0.597. The van der Waals surface area contributed by atoms with Crippen LogP contribution in [0, 0.1) is 0 Å². The van der Waals surface area contributed by atoms with Crippen LogP contribution >= 0.6 is 23.2 Å². The first kappa shape index (κ1) is 18.3. The fourth-order valence-electron chi connectivity index (χ4n) is 1.95. The summed E-state index contributed by atoms with van der Waals surface area (Å²) in [5.74, 6) is -1.11. The number of carbonyl (C=O) groups excluding carboxylic acids is 2. The molecule has 2 aromatic rings. The number of anilines is 1. The molecule has 5 nitrogen and oxygen atoms in total. The van der Waals surface area contributed by atoms with E-state index in [4.69, 9.17) is 32.7 Å². The number of nitrogens with one attached hydrogen (secondary N) is 1. The van der Waals surface area contributed by atoms with Gasteiger partial charge in [0.25, 0.3) is 5.91 Å². The van der Waals surface area contributed by atoms with Crippen LogP contribution in [0.3, 0.4) is 0 Å². The molecule has 0 heterocycles. The SMILES string of the molecule is COCc1cccc(C(=O)OCC(=O)Nc2cc(Cl)ccc2Cl)c1. The molecular formula is C17H15Cl2NO4. The van der Waals surface area contributed by atoms with E-state index in [1.54, 1.807) is 37.4 Å². The molecule has 126 valence electrons. The zero-order valence-corrected chi connectivity index (χ0v) is 14.4. The van der Waals surface area contributed by atoms with Gasteiger partial charge in [0, 0.05) is 12.1 Å². The van der Waals surface area contributed by atoms with Crippen LogP contribution in [0.4, 0.5) is 5.69 Å². The Bertz CT molecular complexity index is 749. The van der Waals surface area contributed by atoms with E-state index in [0.29, 0.717) is 27.9 Å². The number of hydrogen-bond acceptors (Lipinski definition) is 4. The number of rotatable bonds is 6. The number of hydrogen-bond donors (Lipinski definition) is 1. The lowest BCUT2D eigenvalue weighted by atomic mass is 10.1. The Balaban J connectivity index is 1.92. The van der Waals surface area contributed by atoms with Crippen molar-refractivity contribution in [3.8, 4) is 0 Å². The highest BCUT2D eigenvalue weighted by Gasteiger charge is 2.12. The summed E-state index contributed by atoms with van der Waals surface area (Å²) >= 11 is 11.8. The van der Waals surface area contributed by atoms with Crippen molar-refractivity contribution < 1.29 is 19.1 Å². The summed E-state index contributed by atoms with van der Waals surface area (Å²) < 4.78 is 10.0. The summed E-state index contributed by atoms with van der Waals surface area (Å²) in [5, 5.41) is 3.31. The lowest BCUT2D eigenvalue weighted by Crippen LogP contribution is -2.21. The maximum absolute atomic E-state index is 12.0. The number of carbonyl (C=O) groups is 2. The molecule has 0 aliphatic rings. The highest BCUT2D eigenvalue weighted by atomic mass is 35.5. The summed E-state index contributed by atoms with van der Waals surface area (Å²) in [6.07, 6.45) is 0. The highest BCUT2D eigenvalue weighted by molar-refractivity contribution is 6.35. The lowest BCUT2D eigenvalue weighted by Gasteiger charge is -2.09. The zero-order valence-electron chi connectivity index (χ0n) is 12.8. The molecule has 0 atom stereocenters. The predicted octanol–water partition coefficient (Wildman–Crippen LogP) is 3.94. The summed E-state index contributed by atoms with van der Waals surface area (Å²) in [5.41, 5.74) is 1.53. The molecule has 1 N–H and O–H groups in total. The minimum absolute atomic E-state index is 0.339. The minimum Gasteiger partial charge on any atom is -0.452 e. The molecule has 0 radical (unpaired) electrons. The van der Waals surface area contributed by atoms with E-state index in [1.165, 1.54) is 6.07 Å². The van der Waals surface area contributed by atoms with E-state index >= 15 is 0 Å². The third kappa shape index (κ3) is 5.23. The molecule has 0 bridgehead atoms. The molecule has 0 aliphatic carbocycles. The van der Waals surface area contributed by atoms with Gasteiger partial charge >= 0.3 is 5.97 Å². The van der Waals surface area contributed by atoms with Crippen LogP contribution in [0.5, 0.6) is 0 Å². The second kappa shape index (κ2) is 8.68. The number of esters is 1. The van der Waals surface area contributed by atoms with Crippen molar-refractivity contribution in [1.82, 2.24) is 0 Å². The fraction of sp³-hybridized carbons (Fsp3) is 0.176. The van der Waals surface area contributed by atoms with Crippen molar-refractivity contribution in [1.29, 1.82) is 0 Å². The second-order valence-electron chi connectivity index (χ2n) is 4.88. The molecule has 24 heavy (non-hydrogen) atoms. The van der Waals surface area contributed by atoms with Gasteiger partial charge in [0.05, 0.1) is 22.9 Å². The van der Waals surface area contributed by atoms with Crippen molar-refractivity contribution >= 4 is 40.8 Å². The van der Waals surface area contributed by atoms with Gasteiger partial charge in [-0.05, 0) is 35.9 Å². The van der Waals surface area contributed by atoms with Crippen LogP contribution in [0.2, 0.25) is 10.0 Å². The third-order valence-corrected chi connectivity index (χ3v) is 3.58. The van der Waals surface area contributed by atoms with Crippen molar-refractivity contribution in [3.63, 3.8) is 0 Å². The maximum Gasteiger partial charge on any atom is 0.338 e. The van der Waals surface area contributed by atoms with Crippen LogP contribution < -0.4 is 5.32 Å². The number of benzene rings is 2. The topological polar surface area (TPSA) is 64.6 Å². The van der Waals surface area contributed by atoms with Gasteiger partial charge < -0.3 is 14.8 Å². The quantitative estimate of drug-likeness (QED) is 0.785. The summed E-state index contributed by atoms with van der Waals surface area (Å²) in [6, 6.07) is 11.5. The van der Waals surface area contributed by atoms with Crippen molar-refractivity contribution in [3.05, 3.63) is 63.6 Å². The molecule has 0 unspecified atom stereocenters. The van der Waals surface area contributed by atoms with Gasteiger partial charge in [-0.2, -0.15) is 0 Å². The maximum atomic E-state index is 12.0. The van der Waals surface area contributed by atoms with E-state index in [2.05, 4.69) is 5.32 Å². The van der Waals surface area contributed by atoms with Crippen molar-refractivity contribution in [2.75, 3.05) is 19.0 Å². The normalized spacial score (nSPS) is 10.3. The molecule has 0 aliphatic heterocycles. The van der Waals surface area contributed by atoms with E-state index in [-0.39, 0.29) is 0 Å². The summed E-state index contributed by atoms with van der Waals surface area (Å²) in [4.78, 5) is 23.9. The monoisotopic (exact) mass is 367 g/mol. The molecule has 0 fully saturated rings. The molecule has 0 aromatic heterocycles. The number of ether oxygens (including phenoxy) is 2. The Kier molecular flexibility index (Phi) is 6.61. The van der Waals surface area contributed by atoms with Gasteiger partial charge in [0.1, 0.15) is 0 Å². The first-order valence-corrected chi connectivity index (χ1v) is 7.75. The van der Waals surface area contributed by atoms with Gasteiger partial charge in [-0.3, -0.25) is 4.79 Å². The number of amides is 1. The average Bonchev–Trinajstić information content (AvgIpc) is 2.56. The van der Waals surface area contributed by atoms with Gasteiger partial charge in [0.2, 0.25) is 0 Å². The second-order valence-corrected chi connectivity index (χ2v) is 5.73. The number of methoxy groups -OCH3 is 1. The van der Waals surface area contributed by atoms with Gasteiger partial charge in [-0.25, -0.2) is 4.79 Å². The summed E-state index contributed by atoms with van der Waals surface area (Å²) in [6.45, 7) is -0.0505. The van der Waals surface area contributed by atoms with Gasteiger partial charge in [-0.1, -0.05) is 35.3 Å². The smallest absolute Gasteiger partial charge is 0.338 e. The van der Waals surface area contributed by atoms with E-state index in [9.17, 15) is 9.59 Å². The third-order valence-electron chi connectivity index (χ3n) is 3.01. The highest BCUT2D eigenvalue weighted by Crippen LogP contribution is 2.25. The molecule has 7 heteroatoms. The van der Waals surface area contributed by atoms with Crippen molar-refractivity contribution in [2.45, 2.75) is 6.61 Å². The lowest BCUT2D eigenvalue weighted by molar-refractivity contribution is -0.119. The van der Waals surface area contributed by atoms with Crippen molar-refractivity contribution in [2.24, 2.45) is 0 Å². The Morgan fingerprint density at radius 3 is 2.67 bits per heavy atom. The van der Waals surface area contributed by atoms with E-state index < -0.39 is 18.5 Å². The Morgan fingerprint density at radius 2 is 1.92 bits per heavy atom. The Hall–Kier alpha value is -2.08. The predicted molar refractivity (Wildman–Crippen MR) is 92.5 cm³/mol. The first-order chi connectivity index (χ1) is 11.5. The van der Waals surface area contributed by atoms with Crippen LogP contribution in [0.15, 0.2) is 42.5 Å². The largest absolute Gasteiger partial charge is 0.452 e. The first-order valence-electron chi connectivity index (χ1n) is 6.99. The van der Waals surface area contributed by atoms with Crippen LogP contribution in [0.25, 0.3) is 0 Å². The van der Waals surface area contributed by atoms with Crippen LogP contribution in [-0.4, -0.2) is 25.6 Å². The molecule has 2 aromatic carbocycles. The van der Waals surface area contributed by atoms with Gasteiger partial charge in [0.15, 0.2) is 6.61 Å². The average molecular weight is 368 g/mol. The molecule has 0 spiro atoms. The molecule has 0 saturated carbocycles.